The third-order valence-corrected chi connectivity index (χ3v) is 3.30. The summed E-state index contributed by atoms with van der Waals surface area (Å²) >= 11 is 4.91. The molecule has 5 nitrogen and oxygen atoms in total. The summed E-state index contributed by atoms with van der Waals surface area (Å²) < 4.78 is 0. The van der Waals surface area contributed by atoms with Crippen LogP contribution in [0, 0.1) is 0 Å². The van der Waals surface area contributed by atoms with Crippen LogP contribution < -0.4 is 11.1 Å². The predicted molar refractivity (Wildman–Crippen MR) is 73.0 cm³/mol. The van der Waals surface area contributed by atoms with Gasteiger partial charge in [0.2, 0.25) is 5.91 Å². The highest BCUT2D eigenvalue weighted by Crippen LogP contribution is 2.11. The Bertz CT molecular complexity index is 477. The molecular weight excluding hydrogens is 248 g/mol. The van der Waals surface area contributed by atoms with Crippen LogP contribution in [0.25, 0.3) is 0 Å². The second-order valence-electron chi connectivity index (χ2n) is 4.35. The van der Waals surface area contributed by atoms with Crippen LogP contribution >= 0.6 is 12.2 Å². The van der Waals surface area contributed by atoms with E-state index in [4.69, 9.17) is 18.0 Å². The van der Waals surface area contributed by atoms with Gasteiger partial charge in [-0.3, -0.25) is 14.7 Å². The van der Waals surface area contributed by atoms with E-state index in [0.717, 1.165) is 12.1 Å². The molecule has 1 saturated heterocycles. The van der Waals surface area contributed by atoms with E-state index in [9.17, 15) is 4.79 Å². The zero-order chi connectivity index (χ0) is 13.1. The SMILES string of the molecule is CC1C(=O)NCCN1Cc1ccnc(C(N)=S)c1. The first-order chi connectivity index (χ1) is 8.58. The third-order valence-electron chi connectivity index (χ3n) is 3.09. The molecule has 6 heteroatoms. The zero-order valence-electron chi connectivity index (χ0n) is 10.2. The Morgan fingerprint density at radius 2 is 2.50 bits per heavy atom. The highest BCUT2D eigenvalue weighted by molar-refractivity contribution is 7.80. The Morgan fingerprint density at radius 3 is 3.22 bits per heavy atom. The summed E-state index contributed by atoms with van der Waals surface area (Å²) in [5, 5.41) is 2.84. The smallest absolute Gasteiger partial charge is 0.237 e. The van der Waals surface area contributed by atoms with Crippen molar-refractivity contribution in [1.29, 1.82) is 0 Å². The van der Waals surface area contributed by atoms with Gasteiger partial charge < -0.3 is 11.1 Å². The van der Waals surface area contributed by atoms with Crippen LogP contribution in [0.4, 0.5) is 0 Å². The Balaban J connectivity index is 2.11. The Kier molecular flexibility index (Phi) is 3.88. The molecular formula is C12H16N4OS. The highest BCUT2D eigenvalue weighted by Gasteiger charge is 2.25. The maximum atomic E-state index is 11.6. The van der Waals surface area contributed by atoms with E-state index in [-0.39, 0.29) is 11.9 Å². The van der Waals surface area contributed by atoms with Gasteiger partial charge in [0, 0.05) is 25.8 Å². The van der Waals surface area contributed by atoms with Gasteiger partial charge in [-0.1, -0.05) is 12.2 Å². The van der Waals surface area contributed by atoms with Gasteiger partial charge in [0.15, 0.2) is 0 Å². The lowest BCUT2D eigenvalue weighted by molar-refractivity contribution is -0.128. The quantitative estimate of drug-likeness (QED) is 0.754. The number of amides is 1. The monoisotopic (exact) mass is 264 g/mol. The minimum absolute atomic E-state index is 0.0740. The molecule has 0 bridgehead atoms. The predicted octanol–water partition coefficient (Wildman–Crippen LogP) is 0.0361. The average Bonchev–Trinajstić information content (AvgIpc) is 2.35. The fourth-order valence-electron chi connectivity index (χ4n) is 1.99. The molecule has 2 heterocycles. The van der Waals surface area contributed by atoms with E-state index < -0.39 is 0 Å². The number of nitrogens with two attached hydrogens (primary N) is 1. The van der Waals surface area contributed by atoms with Crippen LogP contribution in [0.5, 0.6) is 0 Å². The summed E-state index contributed by atoms with van der Waals surface area (Å²) in [7, 11) is 0. The van der Waals surface area contributed by atoms with Gasteiger partial charge in [-0.25, -0.2) is 0 Å². The molecule has 1 amide bonds. The number of pyridine rings is 1. The lowest BCUT2D eigenvalue weighted by Gasteiger charge is -2.32. The van der Waals surface area contributed by atoms with Gasteiger partial charge in [0.05, 0.1) is 11.7 Å². The maximum absolute atomic E-state index is 11.6. The van der Waals surface area contributed by atoms with Crippen molar-refractivity contribution in [3.8, 4) is 0 Å². The van der Waals surface area contributed by atoms with Crippen LogP contribution in [0.2, 0.25) is 0 Å². The number of piperazine rings is 1. The standard InChI is InChI=1S/C12H16N4OS/c1-8-12(17)15-4-5-16(8)7-9-2-3-14-10(6-9)11(13)18/h2-3,6,8H,4-5,7H2,1H3,(H2,13,18)(H,15,17). The van der Waals surface area contributed by atoms with E-state index in [2.05, 4.69) is 15.2 Å². The molecule has 0 saturated carbocycles. The Labute approximate surface area is 111 Å². The maximum Gasteiger partial charge on any atom is 0.237 e. The molecule has 0 aliphatic carbocycles. The van der Waals surface area contributed by atoms with E-state index in [1.54, 1.807) is 6.20 Å². The molecule has 1 fully saturated rings. The first-order valence-electron chi connectivity index (χ1n) is 5.84. The molecule has 0 aromatic carbocycles. The van der Waals surface area contributed by atoms with Gasteiger partial charge in [0.1, 0.15) is 4.99 Å². The number of aromatic nitrogens is 1. The van der Waals surface area contributed by atoms with E-state index in [0.29, 0.717) is 23.8 Å². The minimum atomic E-state index is -0.111. The molecule has 1 aromatic heterocycles. The normalized spacial score (nSPS) is 20.5. The van der Waals surface area contributed by atoms with Gasteiger partial charge in [0.25, 0.3) is 0 Å². The van der Waals surface area contributed by atoms with E-state index in [1.807, 2.05) is 19.1 Å². The molecule has 1 aliphatic rings. The number of thiocarbonyl (C=S) groups is 1. The van der Waals surface area contributed by atoms with Crippen molar-refractivity contribution in [3.63, 3.8) is 0 Å². The second kappa shape index (κ2) is 5.41. The number of hydrogen-bond acceptors (Lipinski definition) is 4. The Hall–Kier alpha value is -1.53. The van der Waals surface area contributed by atoms with Crippen molar-refractivity contribution in [3.05, 3.63) is 29.6 Å². The zero-order valence-corrected chi connectivity index (χ0v) is 11.0. The fourth-order valence-corrected chi connectivity index (χ4v) is 2.10. The van der Waals surface area contributed by atoms with Crippen molar-refractivity contribution in [1.82, 2.24) is 15.2 Å². The average molecular weight is 264 g/mol. The lowest BCUT2D eigenvalue weighted by Crippen LogP contribution is -2.53. The molecule has 1 aliphatic heterocycles. The summed E-state index contributed by atoms with van der Waals surface area (Å²) in [5.74, 6) is 0.0740. The van der Waals surface area contributed by atoms with Crippen molar-refractivity contribution in [2.24, 2.45) is 5.73 Å². The number of carbonyl (C=O) groups is 1. The van der Waals surface area contributed by atoms with Crippen molar-refractivity contribution >= 4 is 23.1 Å². The highest BCUT2D eigenvalue weighted by atomic mass is 32.1. The summed E-state index contributed by atoms with van der Waals surface area (Å²) in [5.41, 5.74) is 7.24. The molecule has 0 spiro atoms. The first kappa shape index (κ1) is 12.9. The molecule has 2 rings (SSSR count). The number of hydrogen-bond donors (Lipinski definition) is 2. The number of nitrogens with one attached hydrogen (secondary N) is 1. The molecule has 1 unspecified atom stereocenters. The number of nitrogens with zero attached hydrogens (tertiary/aromatic N) is 2. The molecule has 1 atom stereocenters. The molecule has 18 heavy (non-hydrogen) atoms. The second-order valence-corrected chi connectivity index (χ2v) is 4.79. The van der Waals surface area contributed by atoms with Gasteiger partial charge >= 0.3 is 0 Å². The first-order valence-corrected chi connectivity index (χ1v) is 6.25. The van der Waals surface area contributed by atoms with Crippen LogP contribution in [0.3, 0.4) is 0 Å². The third kappa shape index (κ3) is 2.83. The number of carbonyl (C=O) groups excluding carboxylic acids is 1. The lowest BCUT2D eigenvalue weighted by atomic mass is 10.1. The Morgan fingerprint density at radius 1 is 1.72 bits per heavy atom. The van der Waals surface area contributed by atoms with Crippen molar-refractivity contribution in [2.45, 2.75) is 19.5 Å². The molecule has 96 valence electrons. The van der Waals surface area contributed by atoms with Gasteiger partial charge in [-0.2, -0.15) is 0 Å². The topological polar surface area (TPSA) is 71.2 Å². The van der Waals surface area contributed by atoms with E-state index >= 15 is 0 Å². The minimum Gasteiger partial charge on any atom is -0.388 e. The summed E-state index contributed by atoms with van der Waals surface area (Å²) in [4.78, 5) is 18.1. The van der Waals surface area contributed by atoms with Crippen LogP contribution in [0.1, 0.15) is 18.2 Å². The summed E-state index contributed by atoms with van der Waals surface area (Å²) in [6.45, 7) is 4.14. The molecule has 0 radical (unpaired) electrons. The summed E-state index contributed by atoms with van der Waals surface area (Å²) in [6.07, 6.45) is 1.69. The van der Waals surface area contributed by atoms with Crippen LogP contribution in [0.15, 0.2) is 18.3 Å². The van der Waals surface area contributed by atoms with Crippen LogP contribution in [-0.2, 0) is 11.3 Å². The van der Waals surface area contributed by atoms with E-state index in [1.165, 1.54) is 0 Å². The van der Waals surface area contributed by atoms with Crippen molar-refractivity contribution < 1.29 is 4.79 Å². The summed E-state index contributed by atoms with van der Waals surface area (Å²) in [6, 6.07) is 3.68. The largest absolute Gasteiger partial charge is 0.388 e. The molecule has 3 N–H and O–H groups in total. The number of rotatable bonds is 3. The molecule has 1 aromatic rings. The van der Waals surface area contributed by atoms with Gasteiger partial charge in [-0.15, -0.1) is 0 Å². The fraction of sp³-hybridized carbons (Fsp3) is 0.417. The van der Waals surface area contributed by atoms with Crippen molar-refractivity contribution in [2.75, 3.05) is 13.1 Å². The van der Waals surface area contributed by atoms with Gasteiger partial charge in [-0.05, 0) is 24.6 Å². The van der Waals surface area contributed by atoms with Crippen LogP contribution in [-0.4, -0.2) is 39.9 Å².